The zero-order valence-corrected chi connectivity index (χ0v) is 18.7. The van der Waals surface area contributed by atoms with Crippen molar-refractivity contribution >= 4 is 41.4 Å². The molecule has 32 heavy (non-hydrogen) atoms. The van der Waals surface area contributed by atoms with Gasteiger partial charge in [-0.15, -0.1) is 0 Å². The summed E-state index contributed by atoms with van der Waals surface area (Å²) >= 11 is 0.697. The van der Waals surface area contributed by atoms with Crippen LogP contribution in [0.2, 0.25) is 0 Å². The van der Waals surface area contributed by atoms with Crippen LogP contribution in [0.15, 0.2) is 0 Å². The summed E-state index contributed by atoms with van der Waals surface area (Å²) in [6.07, 6.45) is -7.23. The van der Waals surface area contributed by atoms with Gasteiger partial charge in [0, 0.05) is 27.7 Å². The van der Waals surface area contributed by atoms with E-state index in [2.05, 4.69) is 9.36 Å². The number of hydrogen-bond donors (Lipinski definition) is 0. The molecule has 1 aliphatic rings. The lowest BCUT2D eigenvalue weighted by Gasteiger charge is -2.42. The number of rotatable bonds is 7. The van der Waals surface area contributed by atoms with Gasteiger partial charge in [0.25, 0.3) is 0 Å². The lowest BCUT2D eigenvalue weighted by Crippen LogP contribution is -2.59. The highest BCUT2D eigenvalue weighted by Crippen LogP contribution is 2.37. The summed E-state index contributed by atoms with van der Waals surface area (Å²) in [7, 11) is 0. The number of ether oxygens (including phenoxy) is 6. The van der Waals surface area contributed by atoms with E-state index < -0.39 is 60.6 Å². The average molecular weight is 474 g/mol. The highest BCUT2D eigenvalue weighted by atomic mass is 32.1. The quantitative estimate of drug-likeness (QED) is 0.395. The molecule has 0 spiro atoms. The molecule has 0 radical (unpaired) electrons. The summed E-state index contributed by atoms with van der Waals surface area (Å²) in [5.74, 6) is -4.04. The molecule has 1 aliphatic heterocycles. The molecular formula is C18H22N2O11S. The van der Waals surface area contributed by atoms with E-state index in [0.29, 0.717) is 11.5 Å². The van der Waals surface area contributed by atoms with Crippen LogP contribution in [0, 0.1) is 0 Å². The lowest BCUT2D eigenvalue weighted by atomic mass is 9.97. The number of nitrogens with zero attached hydrogens (tertiary/aromatic N) is 2. The van der Waals surface area contributed by atoms with Gasteiger partial charge in [-0.3, -0.25) is 19.2 Å². The van der Waals surface area contributed by atoms with E-state index >= 15 is 0 Å². The van der Waals surface area contributed by atoms with Gasteiger partial charge in [0.05, 0.1) is 6.61 Å². The highest BCUT2D eigenvalue weighted by molar-refractivity contribution is 7.07. The van der Waals surface area contributed by atoms with E-state index in [0.717, 1.165) is 27.7 Å². The van der Waals surface area contributed by atoms with Crippen molar-refractivity contribution < 1.29 is 52.4 Å². The van der Waals surface area contributed by atoms with Crippen LogP contribution in [-0.4, -0.2) is 70.4 Å². The fourth-order valence-corrected chi connectivity index (χ4v) is 3.46. The molecule has 5 atom stereocenters. The summed E-state index contributed by atoms with van der Waals surface area (Å²) in [6, 6.07) is 0. The molecule has 1 aromatic rings. The van der Waals surface area contributed by atoms with Crippen molar-refractivity contribution in [2.75, 3.05) is 6.61 Å². The molecule has 2 heterocycles. The number of carbonyl (C=O) groups is 5. The second-order valence-corrected chi connectivity index (χ2v) is 7.19. The van der Waals surface area contributed by atoms with Crippen molar-refractivity contribution in [2.45, 2.75) is 65.3 Å². The Labute approximate surface area is 186 Å². The summed E-state index contributed by atoms with van der Waals surface area (Å²) in [6.45, 7) is 6.07. The summed E-state index contributed by atoms with van der Waals surface area (Å²) < 4.78 is 35.5. The Morgan fingerprint density at radius 1 is 0.844 bits per heavy atom. The van der Waals surface area contributed by atoms with Gasteiger partial charge in [0.2, 0.25) is 17.4 Å². The van der Waals surface area contributed by atoms with Crippen LogP contribution in [-0.2, 0) is 47.6 Å². The minimum absolute atomic E-state index is 0.108. The molecular weight excluding hydrogens is 452 g/mol. The Morgan fingerprint density at radius 3 is 1.91 bits per heavy atom. The van der Waals surface area contributed by atoms with Gasteiger partial charge in [0.1, 0.15) is 0 Å². The maximum Gasteiger partial charge on any atom is 0.369 e. The van der Waals surface area contributed by atoms with E-state index in [1.807, 2.05) is 0 Å². The van der Waals surface area contributed by atoms with Crippen molar-refractivity contribution in [3.05, 3.63) is 10.8 Å². The Kier molecular flexibility index (Phi) is 8.60. The van der Waals surface area contributed by atoms with Gasteiger partial charge < -0.3 is 28.4 Å². The van der Waals surface area contributed by atoms with Crippen molar-refractivity contribution in [2.24, 2.45) is 0 Å². The first-order chi connectivity index (χ1) is 15.0. The predicted octanol–water partition coefficient (Wildman–Crippen LogP) is 0.470. The van der Waals surface area contributed by atoms with Crippen LogP contribution >= 0.6 is 11.5 Å². The largest absolute Gasteiger partial charge is 0.461 e. The van der Waals surface area contributed by atoms with Crippen molar-refractivity contribution in [3.63, 3.8) is 0 Å². The summed E-state index contributed by atoms with van der Waals surface area (Å²) in [5.41, 5.74) is 0. The monoisotopic (exact) mass is 474 g/mol. The fraction of sp³-hybridized carbons (Fsp3) is 0.611. The van der Waals surface area contributed by atoms with E-state index in [9.17, 15) is 24.0 Å². The third-order valence-electron chi connectivity index (χ3n) is 3.83. The van der Waals surface area contributed by atoms with Crippen LogP contribution in [0.1, 0.15) is 56.3 Å². The Bertz CT molecular complexity index is 886. The molecule has 0 unspecified atom stereocenters. The molecule has 0 aromatic carbocycles. The molecule has 176 valence electrons. The van der Waals surface area contributed by atoms with Crippen LogP contribution < -0.4 is 0 Å². The second-order valence-electron chi connectivity index (χ2n) is 6.43. The summed E-state index contributed by atoms with van der Waals surface area (Å²) in [4.78, 5) is 62.8. The predicted molar refractivity (Wildman–Crippen MR) is 102 cm³/mol. The fourth-order valence-electron chi connectivity index (χ4n) is 2.87. The van der Waals surface area contributed by atoms with Crippen LogP contribution in [0.3, 0.4) is 0 Å². The number of aromatic nitrogens is 2. The van der Waals surface area contributed by atoms with Gasteiger partial charge in [-0.1, -0.05) is 0 Å². The van der Waals surface area contributed by atoms with Gasteiger partial charge in [0.15, 0.2) is 24.1 Å². The SMILES string of the molecule is CCOC(=O)c1nc([C@H]2O[C@H](OC(C)=O)[C@H](OC(C)=O)[C@@H](OC(C)=O)[C@@H]2OC(C)=O)ns1. The molecule has 0 aliphatic carbocycles. The van der Waals surface area contributed by atoms with Crippen molar-refractivity contribution in [3.8, 4) is 0 Å². The zero-order chi connectivity index (χ0) is 24.0. The smallest absolute Gasteiger partial charge is 0.369 e. The standard InChI is InChI=1S/C18H22N2O11S/c1-6-26-17(25)16-19-15(20-32-16)13-11(27-7(2)21)12(28-8(3)22)14(29-9(4)23)18(31-13)30-10(5)24/h11-14,18H,6H2,1-5H3/t11-,12-,13-,14+,18-/m0/s1. The molecule has 2 rings (SSSR count). The summed E-state index contributed by atoms with van der Waals surface area (Å²) in [5, 5.41) is -0.109. The van der Waals surface area contributed by atoms with Gasteiger partial charge in [-0.25, -0.2) is 9.78 Å². The lowest BCUT2D eigenvalue weighted by molar-refractivity contribution is -0.299. The first-order valence-corrected chi connectivity index (χ1v) is 10.2. The zero-order valence-electron chi connectivity index (χ0n) is 17.9. The van der Waals surface area contributed by atoms with Crippen molar-refractivity contribution in [1.29, 1.82) is 0 Å². The third kappa shape index (κ3) is 6.43. The van der Waals surface area contributed by atoms with E-state index in [1.165, 1.54) is 0 Å². The molecule has 0 amide bonds. The molecule has 14 heteroatoms. The van der Waals surface area contributed by atoms with E-state index in [-0.39, 0.29) is 17.4 Å². The van der Waals surface area contributed by atoms with E-state index in [4.69, 9.17) is 28.4 Å². The van der Waals surface area contributed by atoms with E-state index in [1.54, 1.807) is 6.92 Å². The van der Waals surface area contributed by atoms with Crippen molar-refractivity contribution in [1.82, 2.24) is 9.36 Å². The second kappa shape index (κ2) is 10.9. The molecule has 1 fully saturated rings. The molecule has 1 aromatic heterocycles. The Hall–Kier alpha value is -3.13. The average Bonchev–Trinajstić information content (AvgIpc) is 3.15. The van der Waals surface area contributed by atoms with Gasteiger partial charge >= 0.3 is 29.8 Å². The van der Waals surface area contributed by atoms with Crippen LogP contribution in [0.4, 0.5) is 0 Å². The molecule has 0 N–H and O–H groups in total. The number of hydrogen-bond acceptors (Lipinski definition) is 14. The Morgan fingerprint density at radius 2 is 1.38 bits per heavy atom. The molecule has 1 saturated heterocycles. The molecule has 0 bridgehead atoms. The maximum atomic E-state index is 12.0. The normalized spacial score (nSPS) is 24.7. The first kappa shape index (κ1) is 25.1. The Balaban J connectivity index is 2.53. The highest BCUT2D eigenvalue weighted by Gasteiger charge is 2.55. The van der Waals surface area contributed by atoms with Crippen LogP contribution in [0.25, 0.3) is 0 Å². The van der Waals surface area contributed by atoms with Crippen LogP contribution in [0.5, 0.6) is 0 Å². The minimum atomic E-state index is -1.56. The van der Waals surface area contributed by atoms with Gasteiger partial charge in [-0.2, -0.15) is 4.37 Å². The maximum absolute atomic E-state index is 12.0. The number of carbonyl (C=O) groups excluding carboxylic acids is 5. The first-order valence-electron chi connectivity index (χ1n) is 9.38. The third-order valence-corrected chi connectivity index (χ3v) is 4.54. The topological polar surface area (TPSA) is 167 Å². The molecule has 13 nitrogen and oxygen atoms in total. The van der Waals surface area contributed by atoms with Gasteiger partial charge in [-0.05, 0) is 18.5 Å². The minimum Gasteiger partial charge on any atom is -0.461 e. The number of esters is 5. The molecule has 0 saturated carbocycles.